The van der Waals surface area contributed by atoms with E-state index in [1.165, 1.54) is 37.7 Å². The molecule has 0 saturated carbocycles. The quantitative estimate of drug-likeness (QED) is 0.826. The van der Waals surface area contributed by atoms with Crippen molar-refractivity contribution in [3.63, 3.8) is 0 Å². The minimum absolute atomic E-state index is 0.662. The summed E-state index contributed by atoms with van der Waals surface area (Å²) >= 11 is 0. The lowest BCUT2D eigenvalue weighted by atomic mass is 9.88. The number of hydrogen-bond acceptors (Lipinski definition) is 2. The van der Waals surface area contributed by atoms with E-state index >= 15 is 0 Å². The van der Waals surface area contributed by atoms with E-state index in [0.29, 0.717) is 6.04 Å². The van der Waals surface area contributed by atoms with Crippen molar-refractivity contribution >= 4 is 0 Å². The fourth-order valence-electron chi connectivity index (χ4n) is 3.23. The molecule has 0 bridgehead atoms. The molecule has 0 fully saturated rings. The third kappa shape index (κ3) is 3.73. The summed E-state index contributed by atoms with van der Waals surface area (Å²) in [7, 11) is 0. The van der Waals surface area contributed by atoms with Gasteiger partial charge in [-0.1, -0.05) is 24.3 Å². The van der Waals surface area contributed by atoms with Crippen molar-refractivity contribution in [2.24, 2.45) is 0 Å². The lowest BCUT2D eigenvalue weighted by Crippen LogP contribution is -2.35. The molecule has 1 aromatic heterocycles. The lowest BCUT2D eigenvalue weighted by Gasteiger charge is -2.25. The SMILES string of the molecule is Cc1nccn1CCCCN[C@@H]1CCc2ccccc2C1. The molecule has 1 aliphatic carbocycles. The summed E-state index contributed by atoms with van der Waals surface area (Å²) in [5.74, 6) is 1.12. The van der Waals surface area contributed by atoms with Crippen molar-refractivity contribution in [3.05, 3.63) is 53.6 Å². The number of rotatable bonds is 6. The first-order chi connectivity index (χ1) is 10.3. The predicted molar refractivity (Wildman–Crippen MR) is 86.5 cm³/mol. The summed E-state index contributed by atoms with van der Waals surface area (Å²) in [6, 6.07) is 9.54. The van der Waals surface area contributed by atoms with Crippen LogP contribution in [0, 0.1) is 6.92 Å². The minimum atomic E-state index is 0.662. The molecule has 0 aliphatic heterocycles. The highest BCUT2D eigenvalue weighted by molar-refractivity contribution is 5.30. The molecule has 1 aliphatic rings. The van der Waals surface area contributed by atoms with E-state index in [2.05, 4.69) is 52.3 Å². The molecule has 1 atom stereocenters. The first kappa shape index (κ1) is 14.3. The third-order valence-corrected chi connectivity index (χ3v) is 4.53. The minimum Gasteiger partial charge on any atom is -0.335 e. The van der Waals surface area contributed by atoms with Crippen LogP contribution in [-0.2, 0) is 19.4 Å². The van der Waals surface area contributed by atoms with Crippen LogP contribution < -0.4 is 5.32 Å². The molecule has 1 aromatic carbocycles. The van der Waals surface area contributed by atoms with Gasteiger partial charge in [-0.3, -0.25) is 0 Å². The van der Waals surface area contributed by atoms with Crippen molar-refractivity contribution in [2.75, 3.05) is 6.54 Å². The van der Waals surface area contributed by atoms with Crippen LogP contribution in [0.15, 0.2) is 36.7 Å². The predicted octanol–water partition coefficient (Wildman–Crippen LogP) is 3.12. The standard InChI is InChI=1S/C18H25N3/c1-15-19-11-13-21(15)12-5-4-10-20-18-9-8-16-6-2-3-7-17(16)14-18/h2-3,6-7,11,13,18,20H,4-5,8-10,12,14H2,1H3/t18-/m1/s1. The number of nitrogens with one attached hydrogen (secondary N) is 1. The number of hydrogen-bond donors (Lipinski definition) is 1. The normalized spacial score (nSPS) is 17.7. The molecule has 21 heavy (non-hydrogen) atoms. The van der Waals surface area contributed by atoms with Gasteiger partial charge in [0.1, 0.15) is 5.82 Å². The topological polar surface area (TPSA) is 29.9 Å². The zero-order valence-corrected chi connectivity index (χ0v) is 12.9. The summed E-state index contributed by atoms with van der Waals surface area (Å²) in [5.41, 5.74) is 3.08. The second kappa shape index (κ2) is 6.90. The van der Waals surface area contributed by atoms with Gasteiger partial charge in [0, 0.05) is 25.0 Å². The number of aryl methyl sites for hydroxylation is 3. The van der Waals surface area contributed by atoms with Gasteiger partial charge < -0.3 is 9.88 Å². The molecule has 1 N–H and O–H groups in total. The van der Waals surface area contributed by atoms with E-state index in [4.69, 9.17) is 0 Å². The smallest absolute Gasteiger partial charge is 0.105 e. The molecular formula is C18H25N3. The summed E-state index contributed by atoms with van der Waals surface area (Å²) in [6.07, 6.45) is 10.1. The maximum atomic E-state index is 4.26. The average molecular weight is 283 g/mol. The molecule has 3 heteroatoms. The van der Waals surface area contributed by atoms with Gasteiger partial charge in [-0.2, -0.15) is 0 Å². The van der Waals surface area contributed by atoms with Crippen LogP contribution in [0.3, 0.4) is 0 Å². The number of fused-ring (bicyclic) bond motifs is 1. The van der Waals surface area contributed by atoms with Gasteiger partial charge in [0.05, 0.1) is 0 Å². The van der Waals surface area contributed by atoms with E-state index in [9.17, 15) is 0 Å². The number of nitrogens with zero attached hydrogens (tertiary/aromatic N) is 2. The Balaban J connectivity index is 1.36. The van der Waals surface area contributed by atoms with Crippen LogP contribution >= 0.6 is 0 Å². The number of imidazole rings is 1. The fraction of sp³-hybridized carbons (Fsp3) is 0.500. The van der Waals surface area contributed by atoms with E-state index in [-0.39, 0.29) is 0 Å². The summed E-state index contributed by atoms with van der Waals surface area (Å²) < 4.78 is 2.23. The first-order valence-corrected chi connectivity index (χ1v) is 8.11. The Morgan fingerprint density at radius 2 is 2.10 bits per heavy atom. The van der Waals surface area contributed by atoms with Gasteiger partial charge in [-0.25, -0.2) is 4.98 Å². The maximum absolute atomic E-state index is 4.26. The largest absolute Gasteiger partial charge is 0.335 e. The molecule has 1 heterocycles. The second-order valence-electron chi connectivity index (χ2n) is 6.04. The molecule has 2 aromatic rings. The Kier molecular flexibility index (Phi) is 4.71. The van der Waals surface area contributed by atoms with Crippen LogP contribution in [0.25, 0.3) is 0 Å². The van der Waals surface area contributed by atoms with Gasteiger partial charge in [0.2, 0.25) is 0 Å². The molecule has 3 nitrogen and oxygen atoms in total. The van der Waals surface area contributed by atoms with Crippen molar-refractivity contribution in [2.45, 2.75) is 51.6 Å². The van der Waals surface area contributed by atoms with Gasteiger partial charge in [-0.15, -0.1) is 0 Å². The Bertz CT molecular complexity index is 573. The molecule has 0 amide bonds. The van der Waals surface area contributed by atoms with Gasteiger partial charge in [0.25, 0.3) is 0 Å². The van der Waals surface area contributed by atoms with E-state index in [0.717, 1.165) is 18.9 Å². The van der Waals surface area contributed by atoms with Crippen LogP contribution in [0.2, 0.25) is 0 Å². The van der Waals surface area contributed by atoms with Crippen LogP contribution in [0.4, 0.5) is 0 Å². The highest BCUT2D eigenvalue weighted by Crippen LogP contribution is 2.20. The Hall–Kier alpha value is -1.61. The van der Waals surface area contributed by atoms with E-state index < -0.39 is 0 Å². The molecule has 3 rings (SSSR count). The van der Waals surface area contributed by atoms with Crippen LogP contribution in [-0.4, -0.2) is 22.1 Å². The highest BCUT2D eigenvalue weighted by Gasteiger charge is 2.16. The molecule has 0 radical (unpaired) electrons. The molecular weight excluding hydrogens is 258 g/mol. The van der Waals surface area contributed by atoms with Crippen molar-refractivity contribution in [1.29, 1.82) is 0 Å². The van der Waals surface area contributed by atoms with E-state index in [1.807, 2.05) is 6.20 Å². The number of unbranched alkanes of at least 4 members (excludes halogenated alkanes) is 1. The monoisotopic (exact) mass is 283 g/mol. The maximum Gasteiger partial charge on any atom is 0.105 e. The highest BCUT2D eigenvalue weighted by atomic mass is 15.0. The Morgan fingerprint density at radius 3 is 2.90 bits per heavy atom. The van der Waals surface area contributed by atoms with E-state index in [1.54, 1.807) is 5.56 Å². The Morgan fingerprint density at radius 1 is 1.24 bits per heavy atom. The van der Waals surface area contributed by atoms with Crippen LogP contribution in [0.5, 0.6) is 0 Å². The molecule has 112 valence electrons. The second-order valence-corrected chi connectivity index (χ2v) is 6.04. The first-order valence-electron chi connectivity index (χ1n) is 8.11. The van der Waals surface area contributed by atoms with Crippen molar-refractivity contribution < 1.29 is 0 Å². The fourth-order valence-corrected chi connectivity index (χ4v) is 3.23. The summed E-state index contributed by atoms with van der Waals surface area (Å²) in [4.78, 5) is 4.26. The molecule has 0 saturated heterocycles. The third-order valence-electron chi connectivity index (χ3n) is 4.53. The number of benzene rings is 1. The average Bonchev–Trinajstić information content (AvgIpc) is 2.92. The van der Waals surface area contributed by atoms with Crippen molar-refractivity contribution in [1.82, 2.24) is 14.9 Å². The van der Waals surface area contributed by atoms with Gasteiger partial charge in [-0.05, 0) is 56.7 Å². The number of aromatic nitrogens is 2. The molecule has 0 unspecified atom stereocenters. The van der Waals surface area contributed by atoms with Gasteiger partial charge in [0.15, 0.2) is 0 Å². The Labute approximate surface area is 127 Å². The van der Waals surface area contributed by atoms with Crippen LogP contribution in [0.1, 0.15) is 36.2 Å². The van der Waals surface area contributed by atoms with Gasteiger partial charge >= 0.3 is 0 Å². The summed E-state index contributed by atoms with van der Waals surface area (Å²) in [6.45, 7) is 4.28. The molecule has 0 spiro atoms. The van der Waals surface area contributed by atoms with Crippen molar-refractivity contribution in [3.8, 4) is 0 Å². The zero-order chi connectivity index (χ0) is 14.5. The zero-order valence-electron chi connectivity index (χ0n) is 12.9. The summed E-state index contributed by atoms with van der Waals surface area (Å²) in [5, 5.41) is 3.73. The lowest BCUT2D eigenvalue weighted by molar-refractivity contribution is 0.444.